The first-order valence-corrected chi connectivity index (χ1v) is 7.86. The van der Waals surface area contributed by atoms with Crippen molar-refractivity contribution in [1.82, 2.24) is 10.2 Å². The lowest BCUT2D eigenvalue weighted by Crippen LogP contribution is -2.45. The molecule has 1 aliphatic heterocycles. The minimum absolute atomic E-state index is 0.0197. The van der Waals surface area contributed by atoms with Crippen molar-refractivity contribution in [2.75, 3.05) is 26.7 Å². The lowest BCUT2D eigenvalue weighted by Gasteiger charge is -2.35. The van der Waals surface area contributed by atoms with Crippen LogP contribution in [0.5, 0.6) is 0 Å². The van der Waals surface area contributed by atoms with Crippen molar-refractivity contribution in [2.24, 2.45) is 0 Å². The molecule has 1 N–H and O–H groups in total. The summed E-state index contributed by atoms with van der Waals surface area (Å²) in [5, 5.41) is 3.60. The van der Waals surface area contributed by atoms with Crippen molar-refractivity contribution >= 4 is 0 Å². The Morgan fingerprint density at radius 1 is 1.24 bits per heavy atom. The summed E-state index contributed by atoms with van der Waals surface area (Å²) in [5.74, 6) is -0.206. The molecule has 0 bridgehead atoms. The van der Waals surface area contributed by atoms with Crippen molar-refractivity contribution in [3.8, 4) is 0 Å². The number of ether oxygens (including phenoxy) is 1. The first-order valence-electron chi connectivity index (χ1n) is 7.86. The third kappa shape index (κ3) is 4.77. The Kier molecular flexibility index (Phi) is 6.15. The van der Waals surface area contributed by atoms with Crippen LogP contribution in [0, 0.1) is 5.82 Å². The number of rotatable bonds is 6. The van der Waals surface area contributed by atoms with Crippen LogP contribution in [-0.4, -0.2) is 43.7 Å². The molecule has 1 aromatic rings. The highest BCUT2D eigenvalue weighted by Gasteiger charge is 2.21. The predicted octanol–water partition coefficient (Wildman–Crippen LogP) is 2.98. The van der Waals surface area contributed by atoms with Gasteiger partial charge in [0.25, 0.3) is 0 Å². The normalized spacial score (nSPS) is 19.1. The Labute approximate surface area is 127 Å². The number of nitrogens with zero attached hydrogens (tertiary/aromatic N) is 1. The molecule has 0 aliphatic carbocycles. The zero-order valence-electron chi connectivity index (χ0n) is 13.3. The minimum atomic E-state index is -0.206. The number of benzene rings is 1. The topological polar surface area (TPSA) is 24.5 Å². The van der Waals surface area contributed by atoms with Gasteiger partial charge in [-0.05, 0) is 57.5 Å². The summed E-state index contributed by atoms with van der Waals surface area (Å²) in [6.45, 7) is 7.59. The summed E-state index contributed by atoms with van der Waals surface area (Å²) in [6, 6.07) is 7.76. The molecular weight excluding hydrogens is 267 g/mol. The quantitative estimate of drug-likeness (QED) is 0.873. The van der Waals surface area contributed by atoms with Gasteiger partial charge in [-0.3, -0.25) is 0 Å². The molecule has 4 heteroatoms. The Balaban J connectivity index is 1.80. The molecule has 3 nitrogen and oxygen atoms in total. The van der Waals surface area contributed by atoms with Gasteiger partial charge >= 0.3 is 0 Å². The van der Waals surface area contributed by atoms with Crippen molar-refractivity contribution in [3.63, 3.8) is 0 Å². The Morgan fingerprint density at radius 3 is 2.38 bits per heavy atom. The monoisotopic (exact) mass is 294 g/mol. The predicted molar refractivity (Wildman–Crippen MR) is 83.9 cm³/mol. The third-order valence-corrected chi connectivity index (χ3v) is 4.38. The Bertz CT molecular complexity index is 413. The molecule has 118 valence electrons. The highest BCUT2D eigenvalue weighted by Crippen LogP contribution is 2.18. The molecule has 0 aromatic heterocycles. The van der Waals surface area contributed by atoms with Gasteiger partial charge in [-0.15, -0.1) is 0 Å². The Hall–Kier alpha value is -0.970. The molecule has 0 amide bonds. The standard InChI is InChI=1S/C17H27FN2O/c1-13(2)20-10-8-16(9-11-20)19-12-17(21-3)14-4-6-15(18)7-5-14/h4-7,13,16-17,19H,8-12H2,1-3H3. The van der Waals surface area contributed by atoms with Gasteiger partial charge in [0.05, 0.1) is 6.10 Å². The summed E-state index contributed by atoms with van der Waals surface area (Å²) < 4.78 is 18.5. The van der Waals surface area contributed by atoms with E-state index in [9.17, 15) is 4.39 Å². The lowest BCUT2D eigenvalue weighted by atomic mass is 10.0. The molecule has 1 atom stereocenters. The summed E-state index contributed by atoms with van der Waals surface area (Å²) >= 11 is 0. The van der Waals surface area contributed by atoms with E-state index in [0.29, 0.717) is 12.1 Å². The maximum absolute atomic E-state index is 13.0. The first kappa shape index (κ1) is 16.4. The van der Waals surface area contributed by atoms with E-state index in [1.165, 1.54) is 25.0 Å². The third-order valence-electron chi connectivity index (χ3n) is 4.38. The fraction of sp³-hybridized carbons (Fsp3) is 0.647. The molecule has 1 fully saturated rings. The van der Waals surface area contributed by atoms with Gasteiger partial charge in [0, 0.05) is 25.7 Å². The molecule has 1 unspecified atom stereocenters. The van der Waals surface area contributed by atoms with E-state index < -0.39 is 0 Å². The van der Waals surface area contributed by atoms with E-state index >= 15 is 0 Å². The van der Waals surface area contributed by atoms with Crippen LogP contribution in [0.2, 0.25) is 0 Å². The van der Waals surface area contributed by atoms with Crippen LogP contribution in [0.15, 0.2) is 24.3 Å². The first-order chi connectivity index (χ1) is 10.1. The van der Waals surface area contributed by atoms with Gasteiger partial charge in [0.1, 0.15) is 5.82 Å². The van der Waals surface area contributed by atoms with E-state index in [2.05, 4.69) is 24.1 Å². The summed E-state index contributed by atoms with van der Waals surface area (Å²) in [6.07, 6.45) is 2.34. The number of methoxy groups -OCH3 is 1. The molecule has 0 radical (unpaired) electrons. The number of hydrogen-bond donors (Lipinski definition) is 1. The average molecular weight is 294 g/mol. The number of nitrogens with one attached hydrogen (secondary N) is 1. The van der Waals surface area contributed by atoms with Crippen molar-refractivity contribution in [3.05, 3.63) is 35.6 Å². The zero-order chi connectivity index (χ0) is 15.2. The van der Waals surface area contributed by atoms with Gasteiger partial charge in [-0.1, -0.05) is 12.1 Å². The molecule has 0 saturated carbocycles. The molecule has 1 heterocycles. The van der Waals surface area contributed by atoms with E-state index in [0.717, 1.165) is 25.2 Å². The summed E-state index contributed by atoms with van der Waals surface area (Å²) in [4.78, 5) is 2.52. The molecule has 21 heavy (non-hydrogen) atoms. The fourth-order valence-corrected chi connectivity index (χ4v) is 2.91. The van der Waals surface area contributed by atoms with Crippen molar-refractivity contribution in [1.29, 1.82) is 0 Å². The molecule has 1 saturated heterocycles. The van der Waals surface area contributed by atoms with Gasteiger partial charge in [-0.25, -0.2) is 4.39 Å². The van der Waals surface area contributed by atoms with Crippen LogP contribution < -0.4 is 5.32 Å². The molecule has 1 aliphatic rings. The van der Waals surface area contributed by atoms with Crippen LogP contribution in [0.25, 0.3) is 0 Å². The second kappa shape index (κ2) is 7.87. The van der Waals surface area contributed by atoms with Gasteiger partial charge < -0.3 is 15.0 Å². The van der Waals surface area contributed by atoms with Crippen molar-refractivity contribution < 1.29 is 9.13 Å². The summed E-state index contributed by atoms with van der Waals surface area (Å²) in [7, 11) is 1.71. The highest BCUT2D eigenvalue weighted by atomic mass is 19.1. The average Bonchev–Trinajstić information content (AvgIpc) is 2.50. The Morgan fingerprint density at radius 2 is 1.86 bits per heavy atom. The minimum Gasteiger partial charge on any atom is -0.375 e. The second-order valence-electron chi connectivity index (χ2n) is 6.09. The number of likely N-dealkylation sites (tertiary alicyclic amines) is 1. The number of piperidine rings is 1. The van der Waals surface area contributed by atoms with Crippen LogP contribution in [0.4, 0.5) is 4.39 Å². The molecular formula is C17H27FN2O. The second-order valence-corrected chi connectivity index (χ2v) is 6.09. The number of halogens is 1. The van der Waals surface area contributed by atoms with E-state index in [4.69, 9.17) is 4.74 Å². The molecule has 1 aromatic carbocycles. The smallest absolute Gasteiger partial charge is 0.123 e. The van der Waals surface area contributed by atoms with E-state index in [-0.39, 0.29) is 11.9 Å². The van der Waals surface area contributed by atoms with Gasteiger partial charge in [0.2, 0.25) is 0 Å². The lowest BCUT2D eigenvalue weighted by molar-refractivity contribution is 0.0921. The number of hydrogen-bond acceptors (Lipinski definition) is 3. The van der Waals surface area contributed by atoms with Gasteiger partial charge in [0.15, 0.2) is 0 Å². The maximum atomic E-state index is 13.0. The largest absolute Gasteiger partial charge is 0.375 e. The highest BCUT2D eigenvalue weighted by molar-refractivity contribution is 5.19. The van der Waals surface area contributed by atoms with Crippen LogP contribution in [-0.2, 0) is 4.74 Å². The zero-order valence-corrected chi connectivity index (χ0v) is 13.3. The van der Waals surface area contributed by atoms with Gasteiger partial charge in [-0.2, -0.15) is 0 Å². The summed E-state index contributed by atoms with van der Waals surface area (Å²) in [5.41, 5.74) is 1.02. The van der Waals surface area contributed by atoms with E-state index in [1.54, 1.807) is 19.2 Å². The van der Waals surface area contributed by atoms with Crippen LogP contribution >= 0.6 is 0 Å². The maximum Gasteiger partial charge on any atom is 0.123 e. The van der Waals surface area contributed by atoms with Crippen molar-refractivity contribution in [2.45, 2.75) is 44.9 Å². The molecule has 2 rings (SSSR count). The van der Waals surface area contributed by atoms with Crippen LogP contribution in [0.1, 0.15) is 38.4 Å². The van der Waals surface area contributed by atoms with Crippen LogP contribution in [0.3, 0.4) is 0 Å². The fourth-order valence-electron chi connectivity index (χ4n) is 2.91. The van der Waals surface area contributed by atoms with E-state index in [1.807, 2.05) is 0 Å². The molecule has 0 spiro atoms. The SMILES string of the molecule is COC(CNC1CCN(C(C)C)CC1)c1ccc(F)cc1.